The Morgan fingerprint density at radius 3 is 2.71 bits per heavy atom. The molecular formula is C7H11ClN6. The Bertz CT molecular complexity index is 339. The summed E-state index contributed by atoms with van der Waals surface area (Å²) in [5.74, 6) is 1.13. The highest BCUT2D eigenvalue weighted by Gasteiger charge is 2.07. The molecule has 1 rings (SSSR count). The number of rotatable bonds is 4. The molecule has 0 radical (unpaired) electrons. The van der Waals surface area contributed by atoms with E-state index < -0.39 is 0 Å². The number of alkyl halides is 1. The van der Waals surface area contributed by atoms with E-state index in [1.165, 1.54) is 0 Å². The zero-order valence-electron chi connectivity index (χ0n) is 7.42. The van der Waals surface area contributed by atoms with Crippen molar-refractivity contribution in [2.75, 3.05) is 29.2 Å². The summed E-state index contributed by atoms with van der Waals surface area (Å²) in [6.07, 6.45) is 1.07. The molecule has 1 heterocycles. The summed E-state index contributed by atoms with van der Waals surface area (Å²) >= 11 is 5.50. The van der Waals surface area contributed by atoms with Gasteiger partial charge in [0.05, 0.1) is 5.56 Å². The smallest absolute Gasteiger partial charge is 0.223 e. The summed E-state index contributed by atoms with van der Waals surface area (Å²) in [5, 5.41) is 10.0. The summed E-state index contributed by atoms with van der Waals surface area (Å²) in [7, 11) is 0. The number of anilines is 3. The fraction of sp³-hybridized carbons (Fsp3) is 0.286. The third-order valence-corrected chi connectivity index (χ3v) is 1.71. The van der Waals surface area contributed by atoms with Crippen LogP contribution in [-0.2, 0) is 0 Å². The molecule has 6 nitrogen and oxygen atoms in total. The van der Waals surface area contributed by atoms with Crippen molar-refractivity contribution in [3.05, 3.63) is 5.56 Å². The maximum atomic E-state index is 7.13. The van der Waals surface area contributed by atoms with E-state index in [2.05, 4.69) is 15.3 Å². The summed E-state index contributed by atoms with van der Waals surface area (Å²) in [4.78, 5) is 7.64. The van der Waals surface area contributed by atoms with Gasteiger partial charge in [-0.1, -0.05) is 0 Å². The highest BCUT2D eigenvalue weighted by atomic mass is 35.5. The average Bonchev–Trinajstić information content (AvgIpc) is 2.14. The minimum Gasteiger partial charge on any atom is -0.383 e. The topological polar surface area (TPSA) is 114 Å². The number of aromatic nitrogens is 2. The van der Waals surface area contributed by atoms with Gasteiger partial charge in [0.1, 0.15) is 11.6 Å². The van der Waals surface area contributed by atoms with Crippen LogP contribution in [0.5, 0.6) is 0 Å². The fourth-order valence-electron chi connectivity index (χ4n) is 0.947. The normalized spacial score (nSPS) is 9.79. The molecule has 7 heteroatoms. The quantitative estimate of drug-likeness (QED) is 0.425. The SMILES string of the molecule is N=Cc1c(N)nc(N)nc1NCCCl. The zero-order valence-corrected chi connectivity index (χ0v) is 8.17. The van der Waals surface area contributed by atoms with Gasteiger partial charge in [0, 0.05) is 18.6 Å². The Morgan fingerprint density at radius 1 is 1.43 bits per heavy atom. The predicted molar refractivity (Wildman–Crippen MR) is 58.0 cm³/mol. The van der Waals surface area contributed by atoms with E-state index >= 15 is 0 Å². The highest BCUT2D eigenvalue weighted by Crippen LogP contribution is 2.16. The van der Waals surface area contributed by atoms with E-state index in [0.29, 0.717) is 23.8 Å². The highest BCUT2D eigenvalue weighted by molar-refractivity contribution is 6.18. The molecule has 6 N–H and O–H groups in total. The number of nitrogens with two attached hydrogens (primary N) is 2. The Kier molecular flexibility index (Phi) is 3.47. The molecule has 1 aromatic heterocycles. The van der Waals surface area contributed by atoms with Crippen molar-refractivity contribution < 1.29 is 0 Å². The van der Waals surface area contributed by atoms with Crippen molar-refractivity contribution in [3.63, 3.8) is 0 Å². The van der Waals surface area contributed by atoms with E-state index in [9.17, 15) is 0 Å². The molecule has 0 bridgehead atoms. The molecule has 0 aliphatic rings. The van der Waals surface area contributed by atoms with Gasteiger partial charge in [-0.2, -0.15) is 9.97 Å². The van der Waals surface area contributed by atoms with Crippen LogP contribution in [0.25, 0.3) is 0 Å². The molecular weight excluding hydrogens is 204 g/mol. The Hall–Kier alpha value is -1.56. The molecule has 0 saturated heterocycles. The first-order valence-corrected chi connectivity index (χ1v) is 4.45. The van der Waals surface area contributed by atoms with Crippen molar-refractivity contribution >= 4 is 35.4 Å². The third kappa shape index (κ3) is 2.23. The van der Waals surface area contributed by atoms with E-state index in [4.69, 9.17) is 28.5 Å². The average molecular weight is 215 g/mol. The molecule has 1 aromatic rings. The monoisotopic (exact) mass is 214 g/mol. The molecule has 76 valence electrons. The van der Waals surface area contributed by atoms with E-state index in [-0.39, 0.29) is 11.8 Å². The molecule has 0 saturated carbocycles. The maximum Gasteiger partial charge on any atom is 0.223 e. The van der Waals surface area contributed by atoms with Crippen LogP contribution in [0.3, 0.4) is 0 Å². The van der Waals surface area contributed by atoms with E-state index in [1.54, 1.807) is 0 Å². The number of hydrogen-bond donors (Lipinski definition) is 4. The van der Waals surface area contributed by atoms with Crippen LogP contribution >= 0.6 is 11.6 Å². The summed E-state index contributed by atoms with van der Waals surface area (Å²) in [5.41, 5.74) is 11.4. The first kappa shape index (κ1) is 10.5. The molecule has 0 aromatic carbocycles. The summed E-state index contributed by atoms with van der Waals surface area (Å²) < 4.78 is 0. The number of nitrogen functional groups attached to an aromatic ring is 2. The second-order valence-corrected chi connectivity index (χ2v) is 2.87. The first-order chi connectivity index (χ1) is 6.69. The molecule has 0 atom stereocenters. The largest absolute Gasteiger partial charge is 0.383 e. The number of halogens is 1. The molecule has 0 aliphatic carbocycles. The minimum atomic E-state index is 0.0742. The van der Waals surface area contributed by atoms with Gasteiger partial charge in [-0.15, -0.1) is 11.6 Å². The van der Waals surface area contributed by atoms with Crippen molar-refractivity contribution in [2.45, 2.75) is 0 Å². The van der Waals surface area contributed by atoms with Gasteiger partial charge in [0.25, 0.3) is 0 Å². The van der Waals surface area contributed by atoms with Gasteiger partial charge in [-0.05, 0) is 0 Å². The van der Waals surface area contributed by atoms with Crippen LogP contribution < -0.4 is 16.8 Å². The molecule has 14 heavy (non-hydrogen) atoms. The first-order valence-electron chi connectivity index (χ1n) is 3.92. The van der Waals surface area contributed by atoms with Crippen LogP contribution in [0.1, 0.15) is 5.56 Å². The Labute approximate surface area is 86.2 Å². The van der Waals surface area contributed by atoms with E-state index in [1.807, 2.05) is 0 Å². The Morgan fingerprint density at radius 2 is 2.14 bits per heavy atom. The van der Waals surface area contributed by atoms with Gasteiger partial charge >= 0.3 is 0 Å². The summed E-state index contributed by atoms with van der Waals surface area (Å²) in [6, 6.07) is 0. The zero-order chi connectivity index (χ0) is 10.6. The van der Waals surface area contributed by atoms with Crippen molar-refractivity contribution in [3.8, 4) is 0 Å². The molecule has 0 fully saturated rings. The molecule has 0 amide bonds. The lowest BCUT2D eigenvalue weighted by Crippen LogP contribution is -2.12. The minimum absolute atomic E-state index is 0.0742. The van der Waals surface area contributed by atoms with Gasteiger partial charge in [0.15, 0.2) is 0 Å². The number of nitrogens with zero attached hydrogens (tertiary/aromatic N) is 2. The Balaban J connectivity index is 3.05. The van der Waals surface area contributed by atoms with Gasteiger partial charge in [0.2, 0.25) is 5.95 Å². The van der Waals surface area contributed by atoms with E-state index in [0.717, 1.165) is 6.21 Å². The number of nitrogens with one attached hydrogen (secondary N) is 2. The van der Waals surface area contributed by atoms with Crippen molar-refractivity contribution in [1.29, 1.82) is 5.41 Å². The van der Waals surface area contributed by atoms with Crippen LogP contribution in [0.2, 0.25) is 0 Å². The molecule has 0 aliphatic heterocycles. The number of hydrogen-bond acceptors (Lipinski definition) is 6. The second kappa shape index (κ2) is 4.61. The third-order valence-electron chi connectivity index (χ3n) is 1.52. The van der Waals surface area contributed by atoms with Crippen LogP contribution in [0.15, 0.2) is 0 Å². The lowest BCUT2D eigenvalue weighted by molar-refractivity contribution is 1.12. The van der Waals surface area contributed by atoms with Crippen LogP contribution in [-0.4, -0.2) is 28.6 Å². The van der Waals surface area contributed by atoms with Crippen LogP contribution in [0.4, 0.5) is 17.6 Å². The molecule has 0 unspecified atom stereocenters. The fourth-order valence-corrected chi connectivity index (χ4v) is 1.04. The second-order valence-electron chi connectivity index (χ2n) is 2.49. The van der Waals surface area contributed by atoms with Crippen molar-refractivity contribution in [2.24, 2.45) is 0 Å². The lowest BCUT2D eigenvalue weighted by atomic mass is 10.3. The molecule has 0 spiro atoms. The van der Waals surface area contributed by atoms with Gasteiger partial charge in [-0.3, -0.25) is 0 Å². The standard InChI is InChI=1S/C7H11ClN6/c8-1-2-12-6-4(3-9)5(10)13-7(11)14-6/h3,9H,1-2H2,(H5,10,11,12,13,14). The predicted octanol–water partition coefficient (Wildman–Crippen LogP) is 0.289. The maximum absolute atomic E-state index is 7.13. The summed E-state index contributed by atoms with van der Waals surface area (Å²) in [6.45, 7) is 0.526. The van der Waals surface area contributed by atoms with Gasteiger partial charge in [-0.25, -0.2) is 0 Å². The van der Waals surface area contributed by atoms with Gasteiger partial charge < -0.3 is 22.2 Å². The lowest BCUT2D eigenvalue weighted by Gasteiger charge is -2.08. The van der Waals surface area contributed by atoms with Crippen LogP contribution in [0, 0.1) is 5.41 Å². The van der Waals surface area contributed by atoms with Crippen molar-refractivity contribution in [1.82, 2.24) is 9.97 Å².